The van der Waals surface area contributed by atoms with Gasteiger partial charge in [-0.05, 0) is 50.4 Å². The molecule has 0 bridgehead atoms. The summed E-state index contributed by atoms with van der Waals surface area (Å²) >= 11 is 0. The minimum atomic E-state index is 0. The predicted octanol–water partition coefficient (Wildman–Crippen LogP) is 4.07. The minimum absolute atomic E-state index is 0. The van der Waals surface area contributed by atoms with E-state index in [1.807, 2.05) is 12.1 Å². The van der Waals surface area contributed by atoms with Crippen LogP contribution in [0, 0.1) is 6.92 Å². The molecule has 1 saturated carbocycles. The first-order chi connectivity index (χ1) is 11.3. The molecule has 0 spiro atoms. The molecule has 4 nitrogen and oxygen atoms in total. The number of hydrogen-bond donors (Lipinski definition) is 1. The Bertz CT molecular complexity index is 635. The van der Waals surface area contributed by atoms with Crippen molar-refractivity contribution >= 4 is 12.4 Å². The topological polar surface area (TPSA) is 39.1 Å². The normalized spacial score (nSPS) is 14.6. The Labute approximate surface area is 151 Å². The van der Waals surface area contributed by atoms with Crippen molar-refractivity contribution in [1.82, 2.24) is 15.1 Å². The zero-order valence-corrected chi connectivity index (χ0v) is 15.4. The molecular weight excluding hydrogens is 322 g/mol. The molecule has 0 atom stereocenters. The summed E-state index contributed by atoms with van der Waals surface area (Å²) in [7, 11) is 1.71. The van der Waals surface area contributed by atoms with Crippen molar-refractivity contribution in [1.29, 1.82) is 0 Å². The van der Waals surface area contributed by atoms with Crippen LogP contribution in [0.5, 0.6) is 5.75 Å². The van der Waals surface area contributed by atoms with Gasteiger partial charge in [0.2, 0.25) is 0 Å². The van der Waals surface area contributed by atoms with Gasteiger partial charge in [-0.25, -0.2) is 0 Å². The summed E-state index contributed by atoms with van der Waals surface area (Å²) in [6, 6.07) is 8.90. The predicted molar refractivity (Wildman–Crippen MR) is 100 cm³/mol. The van der Waals surface area contributed by atoms with E-state index in [4.69, 9.17) is 9.84 Å². The lowest BCUT2D eigenvalue weighted by molar-refractivity contribution is 0.414. The lowest BCUT2D eigenvalue weighted by Gasteiger charge is -2.08. The number of aromatic nitrogens is 2. The smallest absolute Gasteiger partial charge is 0.119 e. The van der Waals surface area contributed by atoms with Gasteiger partial charge >= 0.3 is 0 Å². The first-order valence-corrected chi connectivity index (χ1v) is 8.64. The van der Waals surface area contributed by atoms with Crippen molar-refractivity contribution in [2.24, 2.45) is 0 Å². The van der Waals surface area contributed by atoms with Crippen molar-refractivity contribution in [3.63, 3.8) is 0 Å². The quantitative estimate of drug-likeness (QED) is 0.766. The first kappa shape index (κ1) is 18.8. The maximum absolute atomic E-state index is 5.27. The maximum Gasteiger partial charge on any atom is 0.119 e. The molecule has 1 heterocycles. The number of halogens is 1. The van der Waals surface area contributed by atoms with Gasteiger partial charge in [-0.1, -0.05) is 25.0 Å². The van der Waals surface area contributed by atoms with Gasteiger partial charge in [-0.2, -0.15) is 5.10 Å². The molecule has 1 aromatic heterocycles. The second-order valence-electron chi connectivity index (χ2n) is 6.44. The summed E-state index contributed by atoms with van der Waals surface area (Å²) in [5.74, 6) is 0.927. The van der Waals surface area contributed by atoms with Crippen molar-refractivity contribution in [3.8, 4) is 5.75 Å². The second-order valence-corrected chi connectivity index (χ2v) is 6.44. The van der Waals surface area contributed by atoms with Gasteiger partial charge in [0.25, 0.3) is 0 Å². The van der Waals surface area contributed by atoms with Gasteiger partial charge in [0.1, 0.15) is 5.75 Å². The van der Waals surface area contributed by atoms with E-state index in [1.165, 1.54) is 36.8 Å². The van der Waals surface area contributed by atoms with Gasteiger partial charge in [0, 0.05) is 18.3 Å². The van der Waals surface area contributed by atoms with Crippen LogP contribution < -0.4 is 10.1 Å². The van der Waals surface area contributed by atoms with E-state index in [0.29, 0.717) is 6.04 Å². The lowest BCUT2D eigenvalue weighted by atomic mass is 10.1. The molecule has 0 aliphatic heterocycles. The number of aryl methyl sites for hydroxylation is 1. The summed E-state index contributed by atoms with van der Waals surface area (Å²) in [6.07, 6.45) is 8.50. The van der Waals surface area contributed by atoms with Crippen LogP contribution in [0.3, 0.4) is 0 Å². The summed E-state index contributed by atoms with van der Waals surface area (Å²) < 4.78 is 7.46. The Morgan fingerprint density at radius 1 is 1.29 bits per heavy atom. The van der Waals surface area contributed by atoms with Crippen LogP contribution in [-0.2, 0) is 13.0 Å². The van der Waals surface area contributed by atoms with Crippen LogP contribution in [0.1, 0.15) is 48.5 Å². The standard InChI is InChI=1S/C19H27N3O.ClH/c1-15-17(14-22(21-15)18-7-3-4-8-18)13-20-11-10-16-6-5-9-19(12-16)23-2;/h5-6,9,12,14,18,20H,3-4,7-8,10-11,13H2,1-2H3;1H. The number of rotatable bonds is 7. The van der Waals surface area contributed by atoms with Gasteiger partial charge < -0.3 is 10.1 Å². The molecule has 3 rings (SSSR count). The van der Waals surface area contributed by atoms with E-state index in [2.05, 4.69) is 35.3 Å². The molecular formula is C19H28ClN3O. The summed E-state index contributed by atoms with van der Waals surface area (Å²) in [6.45, 7) is 3.97. The SMILES string of the molecule is COc1cccc(CCNCc2cn(C3CCCC3)nc2C)c1.Cl. The number of hydrogen-bond acceptors (Lipinski definition) is 3. The molecule has 0 radical (unpaired) electrons. The molecule has 2 aromatic rings. The monoisotopic (exact) mass is 349 g/mol. The number of ether oxygens (including phenoxy) is 1. The van der Waals surface area contributed by atoms with Gasteiger partial charge in [0.05, 0.1) is 18.8 Å². The van der Waals surface area contributed by atoms with Crippen LogP contribution in [0.2, 0.25) is 0 Å². The van der Waals surface area contributed by atoms with Crippen molar-refractivity contribution in [2.75, 3.05) is 13.7 Å². The first-order valence-electron chi connectivity index (χ1n) is 8.64. The molecule has 0 saturated heterocycles. The van der Waals surface area contributed by atoms with Crippen LogP contribution in [0.25, 0.3) is 0 Å². The van der Waals surface area contributed by atoms with Crippen molar-refractivity contribution in [3.05, 3.63) is 47.3 Å². The fraction of sp³-hybridized carbons (Fsp3) is 0.526. The number of methoxy groups -OCH3 is 1. The molecule has 1 aromatic carbocycles. The zero-order chi connectivity index (χ0) is 16.1. The van der Waals surface area contributed by atoms with Crippen LogP contribution in [0.15, 0.2) is 30.5 Å². The van der Waals surface area contributed by atoms with Crippen LogP contribution in [0.4, 0.5) is 0 Å². The summed E-state index contributed by atoms with van der Waals surface area (Å²) in [5, 5.41) is 8.25. The number of nitrogens with one attached hydrogen (secondary N) is 1. The molecule has 1 aliphatic carbocycles. The largest absolute Gasteiger partial charge is 0.497 e. The van der Waals surface area contributed by atoms with E-state index < -0.39 is 0 Å². The van der Waals surface area contributed by atoms with Crippen molar-refractivity contribution < 1.29 is 4.74 Å². The molecule has 1 aliphatic rings. The Morgan fingerprint density at radius 3 is 2.83 bits per heavy atom. The third-order valence-corrected chi connectivity index (χ3v) is 4.76. The summed E-state index contributed by atoms with van der Waals surface area (Å²) in [4.78, 5) is 0. The van der Waals surface area contributed by atoms with E-state index in [1.54, 1.807) is 7.11 Å². The Balaban J connectivity index is 0.00000208. The molecule has 0 amide bonds. The highest BCUT2D eigenvalue weighted by molar-refractivity contribution is 5.85. The van der Waals surface area contributed by atoms with Crippen LogP contribution >= 0.6 is 12.4 Å². The average molecular weight is 350 g/mol. The van der Waals surface area contributed by atoms with Crippen molar-refractivity contribution in [2.45, 2.75) is 51.6 Å². The highest BCUT2D eigenvalue weighted by atomic mass is 35.5. The molecule has 1 fully saturated rings. The lowest BCUT2D eigenvalue weighted by Crippen LogP contribution is -2.17. The average Bonchev–Trinajstić information content (AvgIpc) is 3.22. The minimum Gasteiger partial charge on any atom is -0.497 e. The number of nitrogens with zero attached hydrogens (tertiary/aromatic N) is 2. The Morgan fingerprint density at radius 2 is 2.08 bits per heavy atom. The van der Waals surface area contributed by atoms with Gasteiger partial charge in [-0.3, -0.25) is 4.68 Å². The third-order valence-electron chi connectivity index (χ3n) is 4.76. The fourth-order valence-electron chi connectivity index (χ4n) is 3.33. The molecule has 24 heavy (non-hydrogen) atoms. The molecule has 1 N–H and O–H groups in total. The van der Waals surface area contributed by atoms with E-state index >= 15 is 0 Å². The number of benzene rings is 1. The second kappa shape index (κ2) is 9.09. The third kappa shape index (κ3) is 4.74. The Hall–Kier alpha value is -1.52. The summed E-state index contributed by atoms with van der Waals surface area (Å²) in [5.41, 5.74) is 3.78. The van der Waals surface area contributed by atoms with E-state index in [0.717, 1.165) is 31.0 Å². The van der Waals surface area contributed by atoms with E-state index in [-0.39, 0.29) is 12.4 Å². The highest BCUT2D eigenvalue weighted by Crippen LogP contribution is 2.29. The fourth-order valence-corrected chi connectivity index (χ4v) is 3.33. The molecule has 5 heteroatoms. The van der Waals surface area contributed by atoms with Gasteiger partial charge in [-0.15, -0.1) is 12.4 Å². The zero-order valence-electron chi connectivity index (χ0n) is 14.6. The molecule has 0 unspecified atom stereocenters. The van der Waals surface area contributed by atoms with Gasteiger partial charge in [0.15, 0.2) is 0 Å². The Kier molecular flexibility index (Phi) is 7.13. The highest BCUT2D eigenvalue weighted by Gasteiger charge is 2.18. The van der Waals surface area contributed by atoms with E-state index in [9.17, 15) is 0 Å². The maximum atomic E-state index is 5.27. The molecule has 132 valence electrons. The van der Waals surface area contributed by atoms with Crippen LogP contribution in [-0.4, -0.2) is 23.4 Å².